The van der Waals surface area contributed by atoms with Crippen LogP contribution in [0.5, 0.6) is 0 Å². The maximum atomic E-state index is 3.42. The first kappa shape index (κ1) is 9.46. The van der Waals surface area contributed by atoms with Crippen LogP contribution in [0, 0.1) is 0 Å². The summed E-state index contributed by atoms with van der Waals surface area (Å²) >= 11 is 3.42. The Morgan fingerprint density at radius 3 is 2.57 bits per heavy atom. The molecule has 3 heteroatoms. The molecule has 2 aromatic rings. The van der Waals surface area contributed by atoms with Crippen molar-refractivity contribution in [3.05, 3.63) is 53.0 Å². The minimum absolute atomic E-state index is 0.925. The van der Waals surface area contributed by atoms with E-state index in [4.69, 9.17) is 0 Å². The Hall–Kier alpha value is -1.09. The maximum Gasteiger partial charge on any atom is 0.243 e. The van der Waals surface area contributed by atoms with Gasteiger partial charge in [0.05, 0.1) is 7.05 Å². The lowest BCUT2D eigenvalue weighted by Crippen LogP contribution is -2.23. The topological polar surface area (TPSA) is 8.81 Å². The molecule has 14 heavy (non-hydrogen) atoms. The normalized spacial score (nSPS) is 10.4. The van der Waals surface area contributed by atoms with Crippen LogP contribution >= 0.6 is 15.9 Å². The second-order valence-corrected chi connectivity index (χ2v) is 4.29. The predicted molar refractivity (Wildman–Crippen MR) is 58.9 cm³/mol. The Morgan fingerprint density at radius 2 is 2.00 bits per heavy atom. The largest absolute Gasteiger partial charge is 0.243 e. The molecule has 0 aliphatic carbocycles. The van der Waals surface area contributed by atoms with E-state index in [1.54, 1.807) is 0 Å². The molecule has 0 aliphatic rings. The molecule has 0 saturated heterocycles. The molecule has 0 spiro atoms. The molecule has 0 aliphatic heterocycles. The van der Waals surface area contributed by atoms with Crippen molar-refractivity contribution < 1.29 is 4.57 Å². The summed E-state index contributed by atoms with van der Waals surface area (Å²) in [7, 11) is 2.03. The third-order valence-corrected chi connectivity index (χ3v) is 2.63. The summed E-state index contributed by atoms with van der Waals surface area (Å²) in [5.41, 5.74) is 1.31. The van der Waals surface area contributed by atoms with Crippen LogP contribution in [0.15, 0.2) is 47.5 Å². The minimum atomic E-state index is 0.925. The van der Waals surface area contributed by atoms with Gasteiger partial charge >= 0.3 is 0 Å². The van der Waals surface area contributed by atoms with Crippen molar-refractivity contribution in [2.24, 2.45) is 7.05 Å². The highest BCUT2D eigenvalue weighted by atomic mass is 79.9. The van der Waals surface area contributed by atoms with Gasteiger partial charge in [-0.2, -0.15) is 0 Å². The lowest BCUT2D eigenvalue weighted by atomic mass is 10.2. The van der Waals surface area contributed by atoms with Crippen molar-refractivity contribution in [1.29, 1.82) is 0 Å². The number of imidazole rings is 1. The van der Waals surface area contributed by atoms with E-state index in [1.807, 2.05) is 17.8 Å². The SMILES string of the molecule is C[n+]1ccn(Cc2ccc(Br)cc2)c1. The van der Waals surface area contributed by atoms with Crippen molar-refractivity contribution >= 4 is 15.9 Å². The zero-order valence-corrected chi connectivity index (χ0v) is 9.61. The van der Waals surface area contributed by atoms with Gasteiger partial charge in [-0.15, -0.1) is 0 Å². The van der Waals surface area contributed by atoms with E-state index in [0.29, 0.717) is 0 Å². The third kappa shape index (κ3) is 2.23. The lowest BCUT2D eigenvalue weighted by molar-refractivity contribution is -0.671. The van der Waals surface area contributed by atoms with E-state index in [9.17, 15) is 0 Å². The standard InChI is InChI=1S/C11H12BrN2/c1-13-6-7-14(9-13)8-10-2-4-11(12)5-3-10/h2-7,9H,8H2,1H3/q+1. The van der Waals surface area contributed by atoms with Crippen LogP contribution in [0.4, 0.5) is 0 Å². The second-order valence-electron chi connectivity index (χ2n) is 3.38. The molecule has 0 N–H and O–H groups in total. The van der Waals surface area contributed by atoms with Gasteiger partial charge in [0.15, 0.2) is 0 Å². The van der Waals surface area contributed by atoms with Crippen LogP contribution in [0.2, 0.25) is 0 Å². The zero-order valence-electron chi connectivity index (χ0n) is 8.02. The third-order valence-electron chi connectivity index (χ3n) is 2.10. The highest BCUT2D eigenvalue weighted by Crippen LogP contribution is 2.11. The first-order valence-electron chi connectivity index (χ1n) is 4.49. The Morgan fingerprint density at radius 1 is 1.29 bits per heavy atom. The number of aromatic nitrogens is 2. The summed E-state index contributed by atoms with van der Waals surface area (Å²) in [6.07, 6.45) is 6.18. The molecular weight excluding hydrogens is 240 g/mol. The second kappa shape index (κ2) is 3.96. The van der Waals surface area contributed by atoms with Gasteiger partial charge in [-0.1, -0.05) is 28.1 Å². The van der Waals surface area contributed by atoms with E-state index in [-0.39, 0.29) is 0 Å². The fourth-order valence-corrected chi connectivity index (χ4v) is 1.66. The number of hydrogen-bond donors (Lipinski definition) is 0. The number of benzene rings is 1. The van der Waals surface area contributed by atoms with Crippen molar-refractivity contribution in [3.63, 3.8) is 0 Å². The fourth-order valence-electron chi connectivity index (χ4n) is 1.40. The zero-order chi connectivity index (χ0) is 9.97. The summed E-state index contributed by atoms with van der Waals surface area (Å²) in [6, 6.07) is 8.39. The first-order valence-corrected chi connectivity index (χ1v) is 5.29. The van der Waals surface area contributed by atoms with Crippen molar-refractivity contribution in [1.82, 2.24) is 4.57 Å². The molecule has 0 unspecified atom stereocenters. The molecule has 1 aromatic carbocycles. The quantitative estimate of drug-likeness (QED) is 0.724. The van der Waals surface area contributed by atoms with E-state index >= 15 is 0 Å². The van der Waals surface area contributed by atoms with Gasteiger partial charge in [-0.25, -0.2) is 9.13 Å². The van der Waals surface area contributed by atoms with Gasteiger partial charge in [-0.3, -0.25) is 0 Å². The molecule has 0 amide bonds. The molecule has 72 valence electrons. The molecule has 0 radical (unpaired) electrons. The van der Waals surface area contributed by atoms with Crippen LogP contribution in [-0.4, -0.2) is 4.57 Å². The van der Waals surface area contributed by atoms with Crippen molar-refractivity contribution in [2.75, 3.05) is 0 Å². The summed E-state index contributed by atoms with van der Waals surface area (Å²) < 4.78 is 5.32. The summed E-state index contributed by atoms with van der Waals surface area (Å²) in [5, 5.41) is 0. The van der Waals surface area contributed by atoms with Gasteiger partial charge < -0.3 is 0 Å². The van der Waals surface area contributed by atoms with Crippen LogP contribution in [0.3, 0.4) is 0 Å². The monoisotopic (exact) mass is 251 g/mol. The Bertz CT molecular complexity index is 417. The molecule has 2 nitrogen and oxygen atoms in total. The maximum absolute atomic E-state index is 3.42. The average Bonchev–Trinajstić information content (AvgIpc) is 2.56. The van der Waals surface area contributed by atoms with Crippen LogP contribution in [0.1, 0.15) is 5.56 Å². The molecule has 0 bridgehead atoms. The van der Waals surface area contributed by atoms with E-state index < -0.39 is 0 Å². The molecule has 0 atom stereocenters. The summed E-state index contributed by atoms with van der Waals surface area (Å²) in [5.74, 6) is 0. The summed E-state index contributed by atoms with van der Waals surface area (Å²) in [4.78, 5) is 0. The van der Waals surface area contributed by atoms with Crippen LogP contribution < -0.4 is 4.57 Å². The van der Waals surface area contributed by atoms with E-state index in [2.05, 4.69) is 57.3 Å². The highest BCUT2D eigenvalue weighted by Gasteiger charge is 2.00. The number of nitrogens with zero attached hydrogens (tertiary/aromatic N) is 2. The van der Waals surface area contributed by atoms with Gasteiger partial charge in [0.1, 0.15) is 18.9 Å². The number of hydrogen-bond acceptors (Lipinski definition) is 0. The van der Waals surface area contributed by atoms with Gasteiger partial charge in [-0.05, 0) is 17.7 Å². The Kier molecular flexibility index (Phi) is 2.68. The first-order chi connectivity index (χ1) is 6.74. The smallest absolute Gasteiger partial charge is 0.240 e. The predicted octanol–water partition coefficient (Wildman–Crippen LogP) is 2.12. The average molecular weight is 252 g/mol. The van der Waals surface area contributed by atoms with E-state index in [1.165, 1.54) is 5.56 Å². The molecule has 1 aromatic heterocycles. The molecule has 0 saturated carbocycles. The lowest BCUT2D eigenvalue weighted by Gasteiger charge is -1.97. The summed E-state index contributed by atoms with van der Waals surface area (Å²) in [6.45, 7) is 0.925. The highest BCUT2D eigenvalue weighted by molar-refractivity contribution is 9.10. The van der Waals surface area contributed by atoms with Crippen molar-refractivity contribution in [3.8, 4) is 0 Å². The Balaban J connectivity index is 2.15. The van der Waals surface area contributed by atoms with Gasteiger partial charge in [0, 0.05) is 4.47 Å². The fraction of sp³-hybridized carbons (Fsp3) is 0.182. The van der Waals surface area contributed by atoms with Crippen molar-refractivity contribution in [2.45, 2.75) is 6.54 Å². The number of rotatable bonds is 2. The van der Waals surface area contributed by atoms with Crippen LogP contribution in [-0.2, 0) is 13.6 Å². The van der Waals surface area contributed by atoms with Gasteiger partial charge in [0.25, 0.3) is 0 Å². The van der Waals surface area contributed by atoms with Crippen LogP contribution in [0.25, 0.3) is 0 Å². The minimum Gasteiger partial charge on any atom is -0.240 e. The molecule has 0 fully saturated rings. The number of aryl methyl sites for hydroxylation is 1. The molecule has 1 heterocycles. The Labute approximate surface area is 91.9 Å². The molecular formula is C11H12BrN2+. The van der Waals surface area contributed by atoms with Gasteiger partial charge in [0.2, 0.25) is 6.33 Å². The molecule has 2 rings (SSSR count). The van der Waals surface area contributed by atoms with E-state index in [0.717, 1.165) is 11.0 Å². The number of halogens is 1.